The molecular formula is C21H29N7O5. The first kappa shape index (κ1) is 25.8. The molecule has 0 saturated heterocycles. The first-order valence-corrected chi connectivity index (χ1v) is 10.3. The number of hydrogen-bond acceptors (Lipinski definition) is 11. The van der Waals surface area contributed by atoms with E-state index in [1.165, 1.54) is 12.1 Å². The summed E-state index contributed by atoms with van der Waals surface area (Å²) in [6.07, 6.45) is 2.25. The maximum atomic E-state index is 12.2. The van der Waals surface area contributed by atoms with E-state index in [4.69, 9.17) is 27.0 Å². The SMILES string of the molecule is NCCCC[C@H](N)C(=O)Nc1ccc(/N=N/c2ccccc2OCC(O)(C=O)CO)c(N)n1. The van der Waals surface area contributed by atoms with Gasteiger partial charge >= 0.3 is 0 Å². The van der Waals surface area contributed by atoms with Gasteiger partial charge in [-0.25, -0.2) is 4.98 Å². The standard InChI is InChI=1S/C21H29N7O5/c22-10-4-3-5-14(23)20(31)26-18-9-8-16(19(24)25-18)28-27-15-6-1-2-7-17(15)33-13-21(32,11-29)12-30/h1-2,6-9,11,14,30,32H,3-5,10,12-13,22-23H2,(H3,24,25,26,31)/b28-27+/t14-,21?/m0/s1. The van der Waals surface area contributed by atoms with Crippen molar-refractivity contribution in [3.8, 4) is 5.75 Å². The number of unbranched alkanes of at least 4 members (excludes halogenated alkanes) is 1. The van der Waals surface area contributed by atoms with Crippen LogP contribution in [0.25, 0.3) is 0 Å². The highest BCUT2D eigenvalue weighted by atomic mass is 16.5. The summed E-state index contributed by atoms with van der Waals surface area (Å²) >= 11 is 0. The summed E-state index contributed by atoms with van der Waals surface area (Å²) in [6.45, 7) is -0.710. The van der Waals surface area contributed by atoms with Crippen molar-refractivity contribution >= 4 is 35.2 Å². The number of rotatable bonds is 13. The normalized spacial score (nSPS) is 13.9. The lowest BCUT2D eigenvalue weighted by Gasteiger charge is -2.19. The molecule has 178 valence electrons. The minimum Gasteiger partial charge on any atom is -0.488 e. The zero-order chi connectivity index (χ0) is 24.3. The number of carbonyl (C=O) groups is 2. The molecule has 1 aromatic carbocycles. The van der Waals surface area contributed by atoms with Crippen LogP contribution in [0.2, 0.25) is 0 Å². The van der Waals surface area contributed by atoms with Crippen LogP contribution in [0.15, 0.2) is 46.6 Å². The molecule has 0 saturated carbocycles. The summed E-state index contributed by atoms with van der Waals surface area (Å²) in [5.41, 5.74) is 15.8. The number of benzene rings is 1. The van der Waals surface area contributed by atoms with E-state index >= 15 is 0 Å². The van der Waals surface area contributed by atoms with Crippen molar-refractivity contribution in [3.63, 3.8) is 0 Å². The highest BCUT2D eigenvalue weighted by Crippen LogP contribution is 2.31. The van der Waals surface area contributed by atoms with Crippen LogP contribution in [0.3, 0.4) is 0 Å². The zero-order valence-corrected chi connectivity index (χ0v) is 18.1. The van der Waals surface area contributed by atoms with Gasteiger partial charge in [0.05, 0.1) is 12.6 Å². The Morgan fingerprint density at radius 3 is 2.61 bits per heavy atom. The van der Waals surface area contributed by atoms with Gasteiger partial charge < -0.3 is 37.5 Å². The average Bonchev–Trinajstić information content (AvgIpc) is 2.82. The molecule has 2 aromatic rings. The summed E-state index contributed by atoms with van der Waals surface area (Å²) in [7, 11) is 0. The highest BCUT2D eigenvalue weighted by molar-refractivity contribution is 5.94. The molecule has 0 aliphatic heterocycles. The van der Waals surface area contributed by atoms with Gasteiger partial charge in [-0.05, 0) is 43.7 Å². The third-order valence-corrected chi connectivity index (χ3v) is 4.56. The average molecular weight is 460 g/mol. The first-order valence-electron chi connectivity index (χ1n) is 10.3. The van der Waals surface area contributed by atoms with Gasteiger partial charge in [0.2, 0.25) is 5.91 Å². The second-order valence-electron chi connectivity index (χ2n) is 7.32. The molecule has 9 N–H and O–H groups in total. The maximum absolute atomic E-state index is 12.2. The van der Waals surface area contributed by atoms with E-state index in [0.717, 1.165) is 12.8 Å². The Morgan fingerprint density at radius 2 is 1.94 bits per heavy atom. The van der Waals surface area contributed by atoms with Crippen LogP contribution in [0.5, 0.6) is 5.75 Å². The van der Waals surface area contributed by atoms with E-state index in [0.29, 0.717) is 18.7 Å². The van der Waals surface area contributed by atoms with Gasteiger partial charge in [-0.1, -0.05) is 18.6 Å². The van der Waals surface area contributed by atoms with E-state index in [1.807, 2.05) is 0 Å². The maximum Gasteiger partial charge on any atom is 0.242 e. The van der Waals surface area contributed by atoms with E-state index in [1.54, 1.807) is 24.3 Å². The van der Waals surface area contributed by atoms with Gasteiger partial charge in [-0.15, -0.1) is 10.2 Å². The van der Waals surface area contributed by atoms with Crippen molar-refractivity contribution in [3.05, 3.63) is 36.4 Å². The molecule has 1 amide bonds. The van der Waals surface area contributed by atoms with Gasteiger partial charge in [-0.3, -0.25) is 9.59 Å². The smallest absolute Gasteiger partial charge is 0.242 e. The lowest BCUT2D eigenvalue weighted by molar-refractivity contribution is -0.131. The number of aldehydes is 1. The lowest BCUT2D eigenvalue weighted by Crippen LogP contribution is -2.41. The Labute approximate surface area is 190 Å². The number of nitrogens with zero attached hydrogens (tertiary/aromatic N) is 3. The van der Waals surface area contributed by atoms with Crippen molar-refractivity contribution in [2.75, 3.05) is 30.8 Å². The monoisotopic (exact) mass is 459 g/mol. The molecule has 0 radical (unpaired) electrons. The van der Waals surface area contributed by atoms with Gasteiger partial charge in [0, 0.05) is 0 Å². The molecular weight excluding hydrogens is 430 g/mol. The minimum atomic E-state index is -2.02. The van der Waals surface area contributed by atoms with E-state index in [2.05, 4.69) is 20.5 Å². The number of nitrogen functional groups attached to an aromatic ring is 1. The molecule has 2 atom stereocenters. The largest absolute Gasteiger partial charge is 0.488 e. The summed E-state index contributed by atoms with van der Waals surface area (Å²) in [6, 6.07) is 8.89. The number of aromatic nitrogens is 1. The van der Waals surface area contributed by atoms with Crippen LogP contribution in [0.1, 0.15) is 19.3 Å². The quantitative estimate of drug-likeness (QED) is 0.142. The predicted molar refractivity (Wildman–Crippen MR) is 122 cm³/mol. The predicted octanol–water partition coefficient (Wildman–Crippen LogP) is 0.775. The number of aliphatic hydroxyl groups is 2. The van der Waals surface area contributed by atoms with Crippen LogP contribution in [0, 0.1) is 0 Å². The third kappa shape index (κ3) is 7.88. The van der Waals surface area contributed by atoms with E-state index < -0.39 is 24.9 Å². The number of ether oxygens (including phenoxy) is 1. The Kier molecular flexibility index (Phi) is 9.82. The van der Waals surface area contributed by atoms with E-state index in [-0.39, 0.29) is 35.3 Å². The van der Waals surface area contributed by atoms with Crippen molar-refractivity contribution in [2.45, 2.75) is 30.9 Å². The molecule has 1 heterocycles. The van der Waals surface area contributed by atoms with Crippen molar-refractivity contribution in [1.82, 2.24) is 4.98 Å². The van der Waals surface area contributed by atoms with Gasteiger partial charge in [0.15, 0.2) is 17.7 Å². The fourth-order valence-electron chi connectivity index (χ4n) is 2.57. The Morgan fingerprint density at radius 1 is 1.21 bits per heavy atom. The van der Waals surface area contributed by atoms with E-state index in [9.17, 15) is 14.7 Å². The van der Waals surface area contributed by atoms with Crippen molar-refractivity contribution in [1.29, 1.82) is 0 Å². The highest BCUT2D eigenvalue weighted by Gasteiger charge is 2.26. The fraction of sp³-hybridized carbons (Fsp3) is 0.381. The minimum absolute atomic E-state index is 0.0299. The lowest BCUT2D eigenvalue weighted by atomic mass is 10.1. The van der Waals surface area contributed by atoms with Gasteiger partial charge in [0.1, 0.15) is 29.5 Å². The number of pyridine rings is 1. The molecule has 1 aromatic heterocycles. The molecule has 0 spiro atoms. The fourth-order valence-corrected chi connectivity index (χ4v) is 2.57. The molecule has 12 heteroatoms. The molecule has 0 aliphatic carbocycles. The third-order valence-electron chi connectivity index (χ3n) is 4.56. The number of aliphatic hydroxyl groups excluding tert-OH is 1. The Bertz CT molecular complexity index is 972. The molecule has 2 rings (SSSR count). The van der Waals surface area contributed by atoms with Crippen LogP contribution in [0.4, 0.5) is 23.0 Å². The van der Waals surface area contributed by atoms with Gasteiger partial charge in [0.25, 0.3) is 0 Å². The van der Waals surface area contributed by atoms with Crippen LogP contribution in [-0.4, -0.2) is 58.8 Å². The number of carbonyl (C=O) groups excluding carboxylic acids is 2. The number of nitrogens with one attached hydrogen (secondary N) is 1. The number of para-hydroxylation sites is 1. The zero-order valence-electron chi connectivity index (χ0n) is 18.1. The van der Waals surface area contributed by atoms with Crippen LogP contribution < -0.4 is 27.3 Å². The molecule has 0 bridgehead atoms. The molecule has 33 heavy (non-hydrogen) atoms. The summed E-state index contributed by atoms with van der Waals surface area (Å²) in [5.74, 6) is 0.112. The number of anilines is 2. The summed E-state index contributed by atoms with van der Waals surface area (Å²) in [5, 5.41) is 29.7. The molecule has 12 nitrogen and oxygen atoms in total. The van der Waals surface area contributed by atoms with Crippen LogP contribution in [-0.2, 0) is 9.59 Å². The van der Waals surface area contributed by atoms with Crippen molar-refractivity contribution < 1.29 is 24.5 Å². The molecule has 1 unspecified atom stereocenters. The van der Waals surface area contributed by atoms with Crippen molar-refractivity contribution in [2.24, 2.45) is 21.7 Å². The number of hydrogen-bond donors (Lipinski definition) is 6. The summed E-state index contributed by atoms with van der Waals surface area (Å²) in [4.78, 5) is 27.2. The first-order chi connectivity index (χ1) is 15.8. The molecule has 0 aliphatic rings. The number of azo groups is 1. The van der Waals surface area contributed by atoms with Gasteiger partial charge in [-0.2, -0.15) is 0 Å². The Hall–Kier alpha value is -3.45. The van der Waals surface area contributed by atoms with Crippen LogP contribution >= 0.6 is 0 Å². The number of amides is 1. The second kappa shape index (κ2) is 12.6. The summed E-state index contributed by atoms with van der Waals surface area (Å²) < 4.78 is 5.41. The topological polar surface area (TPSA) is 212 Å². The Balaban J connectivity index is 2.06. The number of nitrogens with two attached hydrogens (primary N) is 3. The second-order valence-corrected chi connectivity index (χ2v) is 7.32. The molecule has 0 fully saturated rings.